The summed E-state index contributed by atoms with van der Waals surface area (Å²) in [6.07, 6.45) is 5.12. The quantitative estimate of drug-likeness (QED) is 0.601. The van der Waals surface area contributed by atoms with Crippen LogP contribution in [0.4, 0.5) is 5.69 Å². The van der Waals surface area contributed by atoms with Gasteiger partial charge < -0.3 is 5.32 Å². The Hall–Kier alpha value is -3.55. The molecule has 0 saturated carbocycles. The van der Waals surface area contributed by atoms with E-state index in [0.717, 1.165) is 10.9 Å². The lowest BCUT2D eigenvalue weighted by Crippen LogP contribution is -2.15. The van der Waals surface area contributed by atoms with Crippen molar-refractivity contribution >= 4 is 22.5 Å². The van der Waals surface area contributed by atoms with Crippen molar-refractivity contribution in [1.82, 2.24) is 30.2 Å². The Labute approximate surface area is 130 Å². The number of fused-ring (bicyclic) bond motifs is 1. The van der Waals surface area contributed by atoms with E-state index in [2.05, 4.69) is 30.8 Å². The second-order valence-electron chi connectivity index (χ2n) is 4.85. The first-order valence-corrected chi connectivity index (χ1v) is 6.88. The molecule has 0 aliphatic carbocycles. The largest absolute Gasteiger partial charge is 0.321 e. The zero-order valence-electron chi connectivity index (χ0n) is 11.8. The summed E-state index contributed by atoms with van der Waals surface area (Å²) >= 11 is 0. The summed E-state index contributed by atoms with van der Waals surface area (Å²) in [6, 6.07) is 10.6. The molecule has 112 valence electrons. The standard InChI is InChI=1S/C15H11N7O/c23-15(18-11-3-2-10-9-16-19-13(10)8-11)12-4-5-14(21-20-12)22-7-1-6-17-22/h1-9H,(H,16,19)(H,18,23). The summed E-state index contributed by atoms with van der Waals surface area (Å²) in [5.41, 5.74) is 1.73. The lowest BCUT2D eigenvalue weighted by atomic mass is 10.2. The molecule has 0 aliphatic rings. The highest BCUT2D eigenvalue weighted by atomic mass is 16.1. The molecule has 4 rings (SSSR count). The van der Waals surface area contributed by atoms with Crippen LogP contribution in [0.3, 0.4) is 0 Å². The van der Waals surface area contributed by atoms with E-state index in [1.165, 1.54) is 0 Å². The molecule has 0 spiro atoms. The van der Waals surface area contributed by atoms with Gasteiger partial charge >= 0.3 is 0 Å². The minimum absolute atomic E-state index is 0.227. The van der Waals surface area contributed by atoms with Crippen LogP contribution in [-0.2, 0) is 0 Å². The van der Waals surface area contributed by atoms with Gasteiger partial charge in [-0.3, -0.25) is 9.89 Å². The van der Waals surface area contributed by atoms with Crippen molar-refractivity contribution in [3.05, 3.63) is 60.7 Å². The van der Waals surface area contributed by atoms with Crippen molar-refractivity contribution in [3.63, 3.8) is 0 Å². The molecule has 0 aliphatic heterocycles. The number of benzene rings is 1. The zero-order valence-corrected chi connectivity index (χ0v) is 11.8. The molecule has 4 aromatic rings. The fourth-order valence-corrected chi connectivity index (χ4v) is 2.18. The van der Waals surface area contributed by atoms with Gasteiger partial charge in [-0.2, -0.15) is 10.2 Å². The average Bonchev–Trinajstić information content (AvgIpc) is 3.26. The molecule has 1 aromatic carbocycles. The summed E-state index contributed by atoms with van der Waals surface area (Å²) < 4.78 is 1.57. The van der Waals surface area contributed by atoms with Gasteiger partial charge in [-0.05, 0) is 36.4 Å². The van der Waals surface area contributed by atoms with E-state index >= 15 is 0 Å². The number of nitrogens with zero attached hydrogens (tertiary/aromatic N) is 5. The third-order valence-electron chi connectivity index (χ3n) is 3.32. The van der Waals surface area contributed by atoms with Crippen LogP contribution >= 0.6 is 0 Å². The van der Waals surface area contributed by atoms with Crippen molar-refractivity contribution in [1.29, 1.82) is 0 Å². The first-order chi connectivity index (χ1) is 11.3. The minimum Gasteiger partial charge on any atom is -0.321 e. The van der Waals surface area contributed by atoms with Crippen LogP contribution in [0.2, 0.25) is 0 Å². The number of nitrogens with one attached hydrogen (secondary N) is 2. The topological polar surface area (TPSA) is 101 Å². The van der Waals surface area contributed by atoms with Crippen LogP contribution in [0.1, 0.15) is 10.5 Å². The lowest BCUT2D eigenvalue weighted by Gasteiger charge is -2.05. The third kappa shape index (κ3) is 2.53. The van der Waals surface area contributed by atoms with Crippen LogP contribution < -0.4 is 5.32 Å². The molecule has 0 saturated heterocycles. The predicted molar refractivity (Wildman–Crippen MR) is 83.2 cm³/mol. The van der Waals surface area contributed by atoms with Gasteiger partial charge in [0.2, 0.25) is 0 Å². The molecule has 0 fully saturated rings. The number of rotatable bonds is 3. The van der Waals surface area contributed by atoms with E-state index < -0.39 is 0 Å². The van der Waals surface area contributed by atoms with Crippen molar-refractivity contribution in [3.8, 4) is 5.82 Å². The van der Waals surface area contributed by atoms with E-state index in [4.69, 9.17) is 0 Å². The molecule has 0 unspecified atom stereocenters. The monoisotopic (exact) mass is 305 g/mol. The van der Waals surface area contributed by atoms with Gasteiger partial charge in [0.25, 0.3) is 5.91 Å². The molecule has 3 heterocycles. The molecular weight excluding hydrogens is 294 g/mol. The van der Waals surface area contributed by atoms with Gasteiger partial charge in [0.1, 0.15) is 0 Å². The van der Waals surface area contributed by atoms with Crippen LogP contribution in [-0.4, -0.2) is 36.1 Å². The van der Waals surface area contributed by atoms with Crippen molar-refractivity contribution in [2.45, 2.75) is 0 Å². The van der Waals surface area contributed by atoms with Crippen LogP contribution in [0.15, 0.2) is 55.0 Å². The fourth-order valence-electron chi connectivity index (χ4n) is 2.18. The first kappa shape index (κ1) is 13.1. The molecule has 0 bridgehead atoms. The number of amides is 1. The Morgan fingerprint density at radius 2 is 2.13 bits per heavy atom. The van der Waals surface area contributed by atoms with E-state index in [-0.39, 0.29) is 11.6 Å². The van der Waals surface area contributed by atoms with E-state index in [1.54, 1.807) is 47.5 Å². The SMILES string of the molecule is O=C(Nc1ccc2cn[nH]c2c1)c1ccc(-n2cccn2)nn1. The molecule has 8 heteroatoms. The van der Waals surface area contributed by atoms with E-state index in [1.807, 2.05) is 12.1 Å². The summed E-state index contributed by atoms with van der Waals surface area (Å²) in [5.74, 6) is 0.216. The Kier molecular flexibility index (Phi) is 3.05. The Morgan fingerprint density at radius 1 is 1.17 bits per heavy atom. The predicted octanol–water partition coefficient (Wildman–Crippen LogP) is 1.79. The summed E-state index contributed by atoms with van der Waals surface area (Å²) in [7, 11) is 0. The van der Waals surface area contributed by atoms with Crippen LogP contribution in [0.5, 0.6) is 0 Å². The van der Waals surface area contributed by atoms with Crippen molar-refractivity contribution in [2.24, 2.45) is 0 Å². The smallest absolute Gasteiger partial charge is 0.276 e. The van der Waals surface area contributed by atoms with Crippen LogP contribution in [0.25, 0.3) is 16.7 Å². The number of H-pyrrole nitrogens is 1. The molecule has 0 atom stereocenters. The van der Waals surface area contributed by atoms with E-state index in [9.17, 15) is 4.79 Å². The number of aromatic amines is 1. The van der Waals surface area contributed by atoms with Gasteiger partial charge in [0.15, 0.2) is 11.5 Å². The lowest BCUT2D eigenvalue weighted by molar-refractivity contribution is 0.102. The van der Waals surface area contributed by atoms with Gasteiger partial charge in [-0.1, -0.05) is 0 Å². The number of anilines is 1. The molecule has 0 radical (unpaired) electrons. The highest BCUT2D eigenvalue weighted by molar-refractivity contribution is 6.03. The normalized spacial score (nSPS) is 10.8. The maximum Gasteiger partial charge on any atom is 0.276 e. The summed E-state index contributed by atoms with van der Waals surface area (Å²) in [4.78, 5) is 12.2. The number of carbonyl (C=O) groups is 1. The first-order valence-electron chi connectivity index (χ1n) is 6.88. The van der Waals surface area contributed by atoms with Gasteiger partial charge in [-0.15, -0.1) is 10.2 Å². The Balaban J connectivity index is 1.54. The molecule has 8 nitrogen and oxygen atoms in total. The van der Waals surface area contributed by atoms with Crippen molar-refractivity contribution in [2.75, 3.05) is 5.32 Å². The average molecular weight is 305 g/mol. The van der Waals surface area contributed by atoms with Gasteiger partial charge in [0.05, 0.1) is 11.7 Å². The summed E-state index contributed by atoms with van der Waals surface area (Å²) in [6.45, 7) is 0. The second-order valence-corrected chi connectivity index (χ2v) is 4.85. The minimum atomic E-state index is -0.330. The molecule has 2 N–H and O–H groups in total. The number of hydrogen-bond donors (Lipinski definition) is 2. The molecule has 1 amide bonds. The maximum atomic E-state index is 12.2. The Bertz CT molecular complexity index is 957. The number of carbonyl (C=O) groups excluding carboxylic acids is 1. The molecular formula is C15H11N7O. The maximum absolute atomic E-state index is 12.2. The summed E-state index contributed by atoms with van der Waals surface area (Å²) in [5, 5.41) is 22.6. The second kappa shape index (κ2) is 5.34. The molecule has 3 aromatic heterocycles. The Morgan fingerprint density at radius 3 is 2.91 bits per heavy atom. The fraction of sp³-hybridized carbons (Fsp3) is 0. The van der Waals surface area contributed by atoms with Crippen LogP contribution in [0, 0.1) is 0 Å². The van der Waals surface area contributed by atoms with Crippen molar-refractivity contribution < 1.29 is 4.79 Å². The van der Waals surface area contributed by atoms with E-state index in [0.29, 0.717) is 11.5 Å². The molecule has 23 heavy (non-hydrogen) atoms. The third-order valence-corrected chi connectivity index (χ3v) is 3.32. The van der Waals surface area contributed by atoms with Gasteiger partial charge in [-0.25, -0.2) is 4.68 Å². The zero-order chi connectivity index (χ0) is 15.6. The number of hydrogen-bond acceptors (Lipinski definition) is 5. The highest BCUT2D eigenvalue weighted by Crippen LogP contribution is 2.17. The van der Waals surface area contributed by atoms with Gasteiger partial charge in [0, 0.05) is 23.5 Å². The number of aromatic nitrogens is 6. The highest BCUT2D eigenvalue weighted by Gasteiger charge is 2.10.